The fraction of sp³-hybridized carbons (Fsp3) is 0.222. The lowest BCUT2D eigenvalue weighted by Gasteiger charge is -2.16. The van der Waals surface area contributed by atoms with Gasteiger partial charge in [0, 0.05) is 17.8 Å². The summed E-state index contributed by atoms with van der Waals surface area (Å²) in [4.78, 5) is 12.3. The van der Waals surface area contributed by atoms with Gasteiger partial charge < -0.3 is 15.4 Å². The Balaban J connectivity index is 1.64. The van der Waals surface area contributed by atoms with Gasteiger partial charge in [-0.3, -0.25) is 4.79 Å². The first-order valence-electron chi connectivity index (χ1n) is 7.49. The molecule has 23 heavy (non-hydrogen) atoms. The molecule has 2 aromatic carbocycles. The summed E-state index contributed by atoms with van der Waals surface area (Å²) in [6, 6.07) is 14.4. The molecule has 0 aromatic heterocycles. The van der Waals surface area contributed by atoms with E-state index in [0.29, 0.717) is 17.9 Å². The lowest BCUT2D eigenvalue weighted by Crippen LogP contribution is -2.31. The molecule has 1 atom stereocenters. The van der Waals surface area contributed by atoms with Crippen molar-refractivity contribution in [1.29, 1.82) is 5.26 Å². The van der Waals surface area contributed by atoms with Crippen LogP contribution in [-0.2, 0) is 11.2 Å². The number of rotatable bonds is 4. The standard InChI is InChI=1S/C18H17N3O2/c1-12(18(22)21-15-4-2-3-13(9-15)11-19)20-16-5-6-17-14(10-16)7-8-23-17/h2-6,9-10,12,20H,7-8H2,1H3,(H,21,22). The van der Waals surface area contributed by atoms with Gasteiger partial charge in [0.05, 0.1) is 18.2 Å². The number of nitrogens with one attached hydrogen (secondary N) is 2. The molecule has 3 rings (SSSR count). The third kappa shape index (κ3) is 3.43. The van der Waals surface area contributed by atoms with Gasteiger partial charge in [0.2, 0.25) is 5.91 Å². The van der Waals surface area contributed by atoms with Crippen LogP contribution in [0, 0.1) is 11.3 Å². The second kappa shape index (κ2) is 6.41. The van der Waals surface area contributed by atoms with Crippen molar-refractivity contribution in [2.45, 2.75) is 19.4 Å². The Morgan fingerprint density at radius 1 is 1.26 bits per heavy atom. The Bertz CT molecular complexity index is 780. The zero-order valence-electron chi connectivity index (χ0n) is 12.8. The van der Waals surface area contributed by atoms with Crippen LogP contribution < -0.4 is 15.4 Å². The van der Waals surface area contributed by atoms with Crippen molar-refractivity contribution in [1.82, 2.24) is 0 Å². The third-order valence-corrected chi connectivity index (χ3v) is 3.73. The van der Waals surface area contributed by atoms with Gasteiger partial charge in [0.1, 0.15) is 11.8 Å². The summed E-state index contributed by atoms with van der Waals surface area (Å²) in [5, 5.41) is 14.9. The smallest absolute Gasteiger partial charge is 0.246 e. The Morgan fingerprint density at radius 2 is 2.13 bits per heavy atom. The first-order valence-corrected chi connectivity index (χ1v) is 7.49. The fourth-order valence-corrected chi connectivity index (χ4v) is 2.51. The first-order chi connectivity index (χ1) is 11.2. The van der Waals surface area contributed by atoms with Crippen molar-refractivity contribution < 1.29 is 9.53 Å². The van der Waals surface area contributed by atoms with Gasteiger partial charge in [0.15, 0.2) is 0 Å². The number of carbonyl (C=O) groups excluding carboxylic acids is 1. The van der Waals surface area contributed by atoms with Gasteiger partial charge >= 0.3 is 0 Å². The van der Waals surface area contributed by atoms with E-state index in [1.807, 2.05) is 18.2 Å². The third-order valence-electron chi connectivity index (χ3n) is 3.73. The highest BCUT2D eigenvalue weighted by Crippen LogP contribution is 2.28. The predicted octanol–water partition coefficient (Wildman–Crippen LogP) is 2.93. The summed E-state index contributed by atoms with van der Waals surface area (Å²) < 4.78 is 5.47. The lowest BCUT2D eigenvalue weighted by molar-refractivity contribution is -0.116. The number of fused-ring (bicyclic) bond motifs is 1. The summed E-state index contributed by atoms with van der Waals surface area (Å²) >= 11 is 0. The van der Waals surface area contributed by atoms with Crippen LogP contribution >= 0.6 is 0 Å². The van der Waals surface area contributed by atoms with Crippen LogP contribution in [0.5, 0.6) is 5.75 Å². The van der Waals surface area contributed by atoms with Crippen molar-refractivity contribution in [2.75, 3.05) is 17.2 Å². The van der Waals surface area contributed by atoms with Crippen LogP contribution in [0.1, 0.15) is 18.1 Å². The van der Waals surface area contributed by atoms with E-state index in [0.717, 1.165) is 23.4 Å². The number of ether oxygens (including phenoxy) is 1. The summed E-state index contributed by atoms with van der Waals surface area (Å²) in [7, 11) is 0. The average Bonchev–Trinajstić information content (AvgIpc) is 3.02. The van der Waals surface area contributed by atoms with Crippen molar-refractivity contribution in [3.63, 3.8) is 0 Å². The van der Waals surface area contributed by atoms with Crippen molar-refractivity contribution >= 4 is 17.3 Å². The van der Waals surface area contributed by atoms with E-state index in [1.165, 1.54) is 0 Å². The van der Waals surface area contributed by atoms with Crippen molar-refractivity contribution in [2.24, 2.45) is 0 Å². The molecule has 1 aliphatic heterocycles. The monoisotopic (exact) mass is 307 g/mol. The minimum Gasteiger partial charge on any atom is -0.493 e. The summed E-state index contributed by atoms with van der Waals surface area (Å²) in [5.41, 5.74) is 3.18. The zero-order valence-corrected chi connectivity index (χ0v) is 12.8. The van der Waals surface area contributed by atoms with Crippen LogP contribution in [0.4, 0.5) is 11.4 Å². The van der Waals surface area contributed by atoms with E-state index in [-0.39, 0.29) is 5.91 Å². The van der Waals surface area contributed by atoms with Crippen LogP contribution in [-0.4, -0.2) is 18.6 Å². The van der Waals surface area contributed by atoms with E-state index in [4.69, 9.17) is 10.00 Å². The van der Waals surface area contributed by atoms with Crippen LogP contribution in [0.15, 0.2) is 42.5 Å². The summed E-state index contributed by atoms with van der Waals surface area (Å²) in [6.45, 7) is 2.51. The minimum atomic E-state index is -0.402. The Morgan fingerprint density at radius 3 is 2.96 bits per heavy atom. The molecule has 2 N–H and O–H groups in total. The Labute approximate surface area is 134 Å². The number of hydrogen-bond donors (Lipinski definition) is 2. The number of anilines is 2. The van der Waals surface area contributed by atoms with Gasteiger partial charge in [-0.1, -0.05) is 6.07 Å². The van der Waals surface area contributed by atoms with E-state index >= 15 is 0 Å². The van der Waals surface area contributed by atoms with Gasteiger partial charge in [-0.25, -0.2) is 0 Å². The van der Waals surface area contributed by atoms with Gasteiger partial charge in [-0.15, -0.1) is 0 Å². The summed E-state index contributed by atoms with van der Waals surface area (Å²) in [6.07, 6.45) is 0.895. The Kier molecular flexibility index (Phi) is 4.15. The van der Waals surface area contributed by atoms with E-state index in [2.05, 4.69) is 16.7 Å². The number of nitriles is 1. The van der Waals surface area contributed by atoms with Gasteiger partial charge in [-0.05, 0) is 48.9 Å². The number of carbonyl (C=O) groups is 1. The molecular formula is C18H17N3O2. The molecule has 5 heteroatoms. The van der Waals surface area contributed by atoms with E-state index < -0.39 is 6.04 Å². The molecule has 0 aliphatic carbocycles. The van der Waals surface area contributed by atoms with Crippen molar-refractivity contribution in [3.05, 3.63) is 53.6 Å². The SMILES string of the molecule is CC(Nc1ccc2c(c1)CCO2)C(=O)Nc1cccc(C#N)c1. The topological polar surface area (TPSA) is 74.2 Å². The number of nitrogens with zero attached hydrogens (tertiary/aromatic N) is 1. The highest BCUT2D eigenvalue weighted by atomic mass is 16.5. The van der Waals surface area contributed by atoms with Gasteiger partial charge in [0.25, 0.3) is 0 Å². The van der Waals surface area contributed by atoms with Crippen LogP contribution in [0.2, 0.25) is 0 Å². The molecule has 0 bridgehead atoms. The fourth-order valence-electron chi connectivity index (χ4n) is 2.51. The second-order valence-corrected chi connectivity index (χ2v) is 5.47. The minimum absolute atomic E-state index is 0.156. The van der Waals surface area contributed by atoms with Crippen molar-refractivity contribution in [3.8, 4) is 11.8 Å². The molecule has 0 saturated heterocycles. The maximum Gasteiger partial charge on any atom is 0.246 e. The summed E-state index contributed by atoms with van der Waals surface area (Å²) in [5.74, 6) is 0.762. The maximum absolute atomic E-state index is 12.3. The maximum atomic E-state index is 12.3. The number of hydrogen-bond acceptors (Lipinski definition) is 4. The quantitative estimate of drug-likeness (QED) is 0.911. The molecule has 0 saturated carbocycles. The van der Waals surface area contributed by atoms with E-state index in [1.54, 1.807) is 31.2 Å². The molecule has 0 fully saturated rings. The lowest BCUT2D eigenvalue weighted by atomic mass is 10.1. The predicted molar refractivity (Wildman–Crippen MR) is 88.5 cm³/mol. The molecule has 1 unspecified atom stereocenters. The molecule has 0 radical (unpaired) electrons. The molecular weight excluding hydrogens is 290 g/mol. The van der Waals surface area contributed by atoms with Gasteiger partial charge in [-0.2, -0.15) is 5.26 Å². The number of amides is 1. The Hall–Kier alpha value is -3.00. The van der Waals surface area contributed by atoms with E-state index in [9.17, 15) is 4.79 Å². The largest absolute Gasteiger partial charge is 0.493 e. The molecule has 1 aliphatic rings. The molecule has 2 aromatic rings. The highest BCUT2D eigenvalue weighted by Gasteiger charge is 2.16. The normalized spacial score (nSPS) is 13.4. The first kappa shape index (κ1) is 14.9. The highest BCUT2D eigenvalue weighted by molar-refractivity contribution is 5.96. The molecule has 5 nitrogen and oxygen atoms in total. The molecule has 1 amide bonds. The average molecular weight is 307 g/mol. The zero-order chi connectivity index (χ0) is 16.2. The number of benzene rings is 2. The molecule has 1 heterocycles. The molecule has 0 spiro atoms. The van der Waals surface area contributed by atoms with Crippen LogP contribution in [0.25, 0.3) is 0 Å². The molecule has 116 valence electrons. The van der Waals surface area contributed by atoms with Crippen LogP contribution in [0.3, 0.4) is 0 Å². The second-order valence-electron chi connectivity index (χ2n) is 5.47.